The fourth-order valence-corrected chi connectivity index (χ4v) is 2.97. The lowest BCUT2D eigenvalue weighted by molar-refractivity contribution is -0.142. The van der Waals surface area contributed by atoms with E-state index in [1.165, 1.54) is 10.9 Å². The molecular formula is C15H16O3. The maximum Gasteiger partial charge on any atom is 0.306 e. The van der Waals surface area contributed by atoms with Gasteiger partial charge in [-0.05, 0) is 37.7 Å². The van der Waals surface area contributed by atoms with Gasteiger partial charge in [-0.1, -0.05) is 18.2 Å². The molecule has 1 heterocycles. The topological polar surface area (TPSA) is 50.4 Å². The molecule has 94 valence electrons. The van der Waals surface area contributed by atoms with E-state index in [1.807, 2.05) is 24.5 Å². The normalized spacial score (nSPS) is 24.2. The van der Waals surface area contributed by atoms with Gasteiger partial charge in [0.05, 0.1) is 12.2 Å². The highest BCUT2D eigenvalue weighted by Gasteiger charge is 2.28. The first-order valence-corrected chi connectivity index (χ1v) is 6.44. The molecule has 1 N–H and O–H groups in total. The molecule has 0 saturated heterocycles. The van der Waals surface area contributed by atoms with Crippen LogP contribution in [0.1, 0.15) is 37.2 Å². The Balaban J connectivity index is 1.82. The average Bonchev–Trinajstić information content (AvgIpc) is 2.82. The van der Waals surface area contributed by atoms with Gasteiger partial charge < -0.3 is 9.52 Å². The zero-order chi connectivity index (χ0) is 12.5. The van der Waals surface area contributed by atoms with Crippen LogP contribution in [0.5, 0.6) is 0 Å². The average molecular weight is 244 g/mol. The highest BCUT2D eigenvalue weighted by atomic mass is 16.4. The Bertz CT molecular complexity index is 562. The lowest BCUT2D eigenvalue weighted by Crippen LogP contribution is -2.20. The van der Waals surface area contributed by atoms with E-state index in [0.29, 0.717) is 5.92 Å². The Labute approximate surface area is 105 Å². The van der Waals surface area contributed by atoms with Gasteiger partial charge in [0, 0.05) is 10.9 Å². The van der Waals surface area contributed by atoms with E-state index >= 15 is 0 Å². The van der Waals surface area contributed by atoms with Crippen LogP contribution in [-0.2, 0) is 4.79 Å². The quantitative estimate of drug-likeness (QED) is 0.874. The number of para-hydroxylation sites is 1. The fourth-order valence-electron chi connectivity index (χ4n) is 2.97. The molecular weight excluding hydrogens is 228 g/mol. The van der Waals surface area contributed by atoms with Gasteiger partial charge in [0.15, 0.2) is 0 Å². The molecule has 0 bridgehead atoms. The lowest BCUT2D eigenvalue weighted by atomic mass is 9.79. The number of carboxylic acids is 1. The monoisotopic (exact) mass is 244 g/mol. The van der Waals surface area contributed by atoms with Crippen LogP contribution in [0.3, 0.4) is 0 Å². The number of furan rings is 1. The standard InChI is InChI=1S/C15H16O3/c16-15(17)11-7-5-10(6-8-11)13-9-18-14-4-2-1-3-12(13)14/h1-4,9-11H,5-8H2,(H,16,17). The smallest absolute Gasteiger partial charge is 0.306 e. The fraction of sp³-hybridized carbons (Fsp3) is 0.400. The summed E-state index contributed by atoms with van der Waals surface area (Å²) in [5.74, 6) is -0.353. The second-order valence-corrected chi connectivity index (χ2v) is 5.07. The number of hydrogen-bond donors (Lipinski definition) is 1. The molecule has 1 aliphatic rings. The summed E-state index contributed by atoms with van der Waals surface area (Å²) in [4.78, 5) is 10.9. The molecule has 3 heteroatoms. The van der Waals surface area contributed by atoms with Crippen LogP contribution >= 0.6 is 0 Å². The minimum Gasteiger partial charge on any atom is -0.481 e. The second-order valence-electron chi connectivity index (χ2n) is 5.07. The van der Waals surface area contributed by atoms with Crippen molar-refractivity contribution in [3.05, 3.63) is 36.1 Å². The summed E-state index contributed by atoms with van der Waals surface area (Å²) in [6, 6.07) is 8.04. The summed E-state index contributed by atoms with van der Waals surface area (Å²) in [6.07, 6.45) is 5.29. The van der Waals surface area contributed by atoms with E-state index in [2.05, 4.69) is 6.07 Å². The Kier molecular flexibility index (Phi) is 2.82. The van der Waals surface area contributed by atoms with Gasteiger partial charge in [-0.15, -0.1) is 0 Å². The van der Waals surface area contributed by atoms with Crippen molar-refractivity contribution in [3.8, 4) is 0 Å². The van der Waals surface area contributed by atoms with Crippen LogP contribution in [0, 0.1) is 5.92 Å². The predicted molar refractivity (Wildman–Crippen MR) is 68.5 cm³/mol. The van der Waals surface area contributed by atoms with E-state index in [1.54, 1.807) is 0 Å². The highest BCUT2D eigenvalue weighted by Crippen LogP contribution is 2.39. The Morgan fingerprint density at radius 1 is 1.17 bits per heavy atom. The maximum atomic E-state index is 10.9. The third-order valence-corrected chi connectivity index (χ3v) is 4.03. The predicted octanol–water partition coefficient (Wildman–Crippen LogP) is 3.79. The van der Waals surface area contributed by atoms with Gasteiger partial charge in [0.1, 0.15) is 5.58 Å². The van der Waals surface area contributed by atoms with Crippen molar-refractivity contribution in [2.24, 2.45) is 5.92 Å². The van der Waals surface area contributed by atoms with Gasteiger partial charge in [0.2, 0.25) is 0 Å². The van der Waals surface area contributed by atoms with E-state index in [0.717, 1.165) is 31.3 Å². The van der Waals surface area contributed by atoms with Crippen LogP contribution in [0.4, 0.5) is 0 Å². The van der Waals surface area contributed by atoms with Crippen molar-refractivity contribution >= 4 is 16.9 Å². The van der Waals surface area contributed by atoms with Crippen molar-refractivity contribution < 1.29 is 14.3 Å². The number of carboxylic acid groups (broad SMARTS) is 1. The Hall–Kier alpha value is -1.77. The third-order valence-electron chi connectivity index (χ3n) is 4.03. The molecule has 2 aromatic rings. The van der Waals surface area contributed by atoms with E-state index < -0.39 is 5.97 Å². The van der Waals surface area contributed by atoms with Crippen LogP contribution in [0.2, 0.25) is 0 Å². The Morgan fingerprint density at radius 2 is 1.89 bits per heavy atom. The van der Waals surface area contributed by atoms with Crippen LogP contribution in [0.25, 0.3) is 11.0 Å². The van der Waals surface area contributed by atoms with Gasteiger partial charge in [0.25, 0.3) is 0 Å². The summed E-state index contributed by atoms with van der Waals surface area (Å²) < 4.78 is 5.56. The molecule has 0 unspecified atom stereocenters. The first-order valence-electron chi connectivity index (χ1n) is 6.44. The third kappa shape index (κ3) is 1.90. The number of aliphatic carboxylic acids is 1. The van der Waals surface area contributed by atoms with Crippen LogP contribution in [0.15, 0.2) is 34.9 Å². The van der Waals surface area contributed by atoms with E-state index in [4.69, 9.17) is 9.52 Å². The van der Waals surface area contributed by atoms with E-state index in [9.17, 15) is 4.79 Å². The van der Waals surface area contributed by atoms with Gasteiger partial charge in [-0.2, -0.15) is 0 Å². The summed E-state index contributed by atoms with van der Waals surface area (Å²) >= 11 is 0. The zero-order valence-corrected chi connectivity index (χ0v) is 10.1. The largest absolute Gasteiger partial charge is 0.481 e. The molecule has 3 rings (SSSR count). The minimum atomic E-state index is -0.648. The maximum absolute atomic E-state index is 10.9. The number of carbonyl (C=O) groups is 1. The molecule has 0 spiro atoms. The molecule has 1 fully saturated rings. The summed E-state index contributed by atoms with van der Waals surface area (Å²) in [6.45, 7) is 0. The van der Waals surface area contributed by atoms with Gasteiger partial charge >= 0.3 is 5.97 Å². The number of benzene rings is 1. The van der Waals surface area contributed by atoms with Crippen molar-refractivity contribution in [2.75, 3.05) is 0 Å². The van der Waals surface area contributed by atoms with Crippen molar-refractivity contribution in [3.63, 3.8) is 0 Å². The van der Waals surface area contributed by atoms with Crippen molar-refractivity contribution in [1.29, 1.82) is 0 Å². The number of rotatable bonds is 2. The van der Waals surface area contributed by atoms with Gasteiger partial charge in [-0.3, -0.25) is 4.79 Å². The summed E-state index contributed by atoms with van der Waals surface area (Å²) in [5, 5.41) is 10.2. The van der Waals surface area contributed by atoms with Crippen LogP contribution < -0.4 is 0 Å². The Morgan fingerprint density at radius 3 is 2.61 bits per heavy atom. The summed E-state index contributed by atoms with van der Waals surface area (Å²) in [7, 11) is 0. The molecule has 18 heavy (non-hydrogen) atoms. The van der Waals surface area contributed by atoms with Gasteiger partial charge in [-0.25, -0.2) is 0 Å². The summed E-state index contributed by atoms with van der Waals surface area (Å²) in [5.41, 5.74) is 2.17. The molecule has 0 radical (unpaired) electrons. The lowest BCUT2D eigenvalue weighted by Gasteiger charge is -2.25. The molecule has 1 aliphatic carbocycles. The van der Waals surface area contributed by atoms with Crippen molar-refractivity contribution in [1.82, 2.24) is 0 Å². The molecule has 0 aliphatic heterocycles. The molecule has 1 aromatic carbocycles. The SMILES string of the molecule is O=C(O)C1CCC(c2coc3ccccc23)CC1. The highest BCUT2D eigenvalue weighted by molar-refractivity contribution is 5.81. The second kappa shape index (κ2) is 4.48. The first kappa shape index (κ1) is 11.3. The van der Waals surface area contributed by atoms with E-state index in [-0.39, 0.29) is 5.92 Å². The zero-order valence-electron chi connectivity index (χ0n) is 10.1. The minimum absolute atomic E-state index is 0.153. The molecule has 1 saturated carbocycles. The molecule has 3 nitrogen and oxygen atoms in total. The first-order chi connectivity index (χ1) is 8.75. The molecule has 0 amide bonds. The van der Waals surface area contributed by atoms with Crippen molar-refractivity contribution in [2.45, 2.75) is 31.6 Å². The molecule has 0 atom stereocenters. The van der Waals surface area contributed by atoms with Crippen LogP contribution in [-0.4, -0.2) is 11.1 Å². The number of fused-ring (bicyclic) bond motifs is 1. The molecule has 1 aromatic heterocycles. The number of hydrogen-bond acceptors (Lipinski definition) is 2.